The van der Waals surface area contributed by atoms with Crippen LogP contribution in [0.2, 0.25) is 0 Å². The predicted molar refractivity (Wildman–Crippen MR) is 148 cm³/mol. The van der Waals surface area contributed by atoms with Gasteiger partial charge in [-0.3, -0.25) is 24.1 Å². The number of carbonyl (C=O) groups is 4. The van der Waals surface area contributed by atoms with E-state index in [9.17, 15) is 27.6 Å². The lowest BCUT2D eigenvalue weighted by atomic mass is 9.99. The highest BCUT2D eigenvalue weighted by Gasteiger charge is 2.43. The quantitative estimate of drug-likeness (QED) is 0.389. The minimum atomic E-state index is -3.35. The van der Waals surface area contributed by atoms with E-state index in [4.69, 9.17) is 5.73 Å². The number of hydrogen-bond donors (Lipinski definition) is 3. The second-order valence-electron chi connectivity index (χ2n) is 10.1. The Morgan fingerprint density at radius 3 is 2.46 bits per heavy atom. The van der Waals surface area contributed by atoms with Crippen LogP contribution < -0.4 is 21.3 Å². The molecule has 4 rings (SSSR count). The van der Waals surface area contributed by atoms with E-state index in [1.807, 2.05) is 19.1 Å². The van der Waals surface area contributed by atoms with Crippen molar-refractivity contribution in [3.63, 3.8) is 0 Å². The van der Waals surface area contributed by atoms with Gasteiger partial charge in [-0.1, -0.05) is 35.0 Å². The number of amides is 4. The number of sulfone groups is 1. The fourth-order valence-electron chi connectivity index (χ4n) is 5.03. The third-order valence-electron chi connectivity index (χ3n) is 7.14. The molecule has 0 bridgehead atoms. The first kappa shape index (κ1) is 28.8. The first-order valence-electron chi connectivity index (χ1n) is 12.6. The highest BCUT2D eigenvalue weighted by molar-refractivity contribution is 9.10. The third-order valence-corrected chi connectivity index (χ3v) is 8.72. The molecule has 3 atom stereocenters. The van der Waals surface area contributed by atoms with Crippen LogP contribution in [0.25, 0.3) is 0 Å². The van der Waals surface area contributed by atoms with Crippen LogP contribution in [0.15, 0.2) is 45.8 Å². The van der Waals surface area contributed by atoms with Gasteiger partial charge >= 0.3 is 0 Å². The molecular weight excluding hydrogens is 588 g/mol. The summed E-state index contributed by atoms with van der Waals surface area (Å²) < 4.78 is 24.2. The van der Waals surface area contributed by atoms with E-state index in [0.717, 1.165) is 27.5 Å². The van der Waals surface area contributed by atoms with Crippen LogP contribution in [0.4, 0.5) is 5.69 Å². The van der Waals surface area contributed by atoms with E-state index in [-0.39, 0.29) is 36.1 Å². The number of hydrogen-bond acceptors (Lipinski definition) is 6. The standard InChI is InChI=1S/C27H31BrN4O6S/c1-15-3-6-17-11-19(28)12-18-13-22(32(24(17)18)27(15)36)26(35)31-21(9-10-23(29)33)25(34)30-14-16-4-7-20(8-5-16)39(2,37)38/h4-5,7-8,11-12,15,21-22H,3,6,9-10,13-14H2,1-2H3,(H2,29,33)(H,30,34)(H,31,35)/t15-,21-,22-/m0/s1. The van der Waals surface area contributed by atoms with Gasteiger partial charge in [-0.15, -0.1) is 0 Å². The molecule has 12 heteroatoms. The fourth-order valence-corrected chi connectivity index (χ4v) is 6.21. The van der Waals surface area contributed by atoms with Crippen molar-refractivity contribution in [1.82, 2.24) is 10.6 Å². The monoisotopic (exact) mass is 618 g/mol. The average Bonchev–Trinajstić information content (AvgIpc) is 3.20. The van der Waals surface area contributed by atoms with Crippen LogP contribution in [-0.2, 0) is 48.4 Å². The number of nitrogens with zero attached hydrogens (tertiary/aromatic N) is 1. The Hall–Kier alpha value is -3.25. The summed E-state index contributed by atoms with van der Waals surface area (Å²) in [5, 5.41) is 5.48. The Morgan fingerprint density at radius 1 is 1.15 bits per heavy atom. The number of nitrogens with one attached hydrogen (secondary N) is 2. The highest BCUT2D eigenvalue weighted by atomic mass is 79.9. The van der Waals surface area contributed by atoms with E-state index in [1.165, 1.54) is 12.1 Å². The maximum absolute atomic E-state index is 13.6. The van der Waals surface area contributed by atoms with E-state index >= 15 is 0 Å². The minimum Gasteiger partial charge on any atom is -0.370 e. The smallest absolute Gasteiger partial charge is 0.244 e. The average molecular weight is 620 g/mol. The molecule has 10 nitrogen and oxygen atoms in total. The number of benzene rings is 2. The zero-order valence-corrected chi connectivity index (χ0v) is 24.1. The summed E-state index contributed by atoms with van der Waals surface area (Å²) in [6.45, 7) is 1.93. The molecular formula is C27H31BrN4O6S. The van der Waals surface area contributed by atoms with E-state index < -0.39 is 39.6 Å². The SMILES string of the molecule is C[C@H]1CCc2cc(Br)cc3c2N(C1=O)[C@H](C(=O)N[C@@H](CCC(N)=O)C(=O)NCc1ccc(S(C)(=O)=O)cc1)C3. The summed E-state index contributed by atoms with van der Waals surface area (Å²) in [6.07, 6.45) is 2.67. The molecule has 0 aliphatic carbocycles. The van der Waals surface area contributed by atoms with Gasteiger partial charge in [0, 0.05) is 36.0 Å². The number of anilines is 1. The van der Waals surface area contributed by atoms with Crippen LogP contribution >= 0.6 is 15.9 Å². The van der Waals surface area contributed by atoms with Gasteiger partial charge in [0.25, 0.3) is 0 Å². The van der Waals surface area contributed by atoms with E-state index in [0.29, 0.717) is 24.8 Å². The summed E-state index contributed by atoms with van der Waals surface area (Å²) in [6, 6.07) is 8.08. The van der Waals surface area contributed by atoms with Gasteiger partial charge < -0.3 is 16.4 Å². The van der Waals surface area contributed by atoms with Crippen LogP contribution in [0.5, 0.6) is 0 Å². The molecule has 0 saturated heterocycles. The number of rotatable bonds is 9. The van der Waals surface area contributed by atoms with Crippen LogP contribution in [0.3, 0.4) is 0 Å². The summed E-state index contributed by atoms with van der Waals surface area (Å²) >= 11 is 3.53. The molecule has 0 fully saturated rings. The first-order chi connectivity index (χ1) is 18.3. The molecule has 2 aromatic carbocycles. The third kappa shape index (κ3) is 6.50. The van der Waals surface area contributed by atoms with Gasteiger partial charge in [0.2, 0.25) is 23.6 Å². The molecule has 2 heterocycles. The van der Waals surface area contributed by atoms with Gasteiger partial charge in [0.1, 0.15) is 12.1 Å². The Labute approximate surface area is 235 Å². The summed E-state index contributed by atoms with van der Waals surface area (Å²) in [5.74, 6) is -2.02. The second-order valence-corrected chi connectivity index (χ2v) is 13.1. The summed E-state index contributed by atoms with van der Waals surface area (Å²) in [4.78, 5) is 53.2. The summed E-state index contributed by atoms with van der Waals surface area (Å²) in [7, 11) is -3.35. The molecule has 0 spiro atoms. The van der Waals surface area contributed by atoms with Gasteiger partial charge in [-0.2, -0.15) is 0 Å². The van der Waals surface area contributed by atoms with Crippen molar-refractivity contribution in [3.05, 3.63) is 57.6 Å². The van der Waals surface area contributed by atoms with Gasteiger partial charge in [-0.05, 0) is 60.2 Å². The number of aryl methyl sites for hydroxylation is 1. The molecule has 4 N–H and O–H groups in total. The maximum atomic E-state index is 13.6. The Kier molecular flexibility index (Phi) is 8.45. The molecule has 208 valence electrons. The van der Waals surface area contributed by atoms with Crippen molar-refractivity contribution >= 4 is 55.1 Å². The van der Waals surface area contributed by atoms with E-state index in [1.54, 1.807) is 17.0 Å². The van der Waals surface area contributed by atoms with Gasteiger partial charge in [-0.25, -0.2) is 8.42 Å². The molecule has 0 aromatic heterocycles. The first-order valence-corrected chi connectivity index (χ1v) is 15.3. The minimum absolute atomic E-state index is 0.0132. The molecule has 2 aromatic rings. The number of primary amides is 1. The molecule has 2 aliphatic heterocycles. The highest BCUT2D eigenvalue weighted by Crippen LogP contribution is 2.42. The fraction of sp³-hybridized carbons (Fsp3) is 0.407. The Bertz CT molecular complexity index is 1430. The largest absolute Gasteiger partial charge is 0.370 e. The lowest BCUT2D eigenvalue weighted by molar-refractivity contribution is -0.131. The van der Waals surface area contributed by atoms with Crippen molar-refractivity contribution in [2.24, 2.45) is 11.7 Å². The normalized spacial score (nSPS) is 19.2. The maximum Gasteiger partial charge on any atom is 0.244 e. The van der Waals surface area contributed by atoms with Crippen molar-refractivity contribution in [2.45, 2.75) is 62.6 Å². The Balaban J connectivity index is 1.50. The van der Waals surface area contributed by atoms with Crippen LogP contribution in [0, 0.1) is 5.92 Å². The molecule has 0 saturated carbocycles. The topological polar surface area (TPSA) is 156 Å². The zero-order valence-electron chi connectivity index (χ0n) is 21.7. The number of nitrogens with two attached hydrogens (primary N) is 1. The number of carbonyl (C=O) groups excluding carboxylic acids is 4. The molecule has 0 unspecified atom stereocenters. The second kappa shape index (κ2) is 11.5. The van der Waals surface area contributed by atoms with Crippen molar-refractivity contribution < 1.29 is 27.6 Å². The molecule has 0 radical (unpaired) electrons. The molecule has 4 amide bonds. The number of halogens is 1. The van der Waals surface area contributed by atoms with Gasteiger partial charge in [0.15, 0.2) is 9.84 Å². The lowest BCUT2D eigenvalue weighted by Gasteiger charge is -2.28. The van der Waals surface area contributed by atoms with Crippen molar-refractivity contribution in [2.75, 3.05) is 11.2 Å². The van der Waals surface area contributed by atoms with Crippen molar-refractivity contribution in [3.8, 4) is 0 Å². The van der Waals surface area contributed by atoms with E-state index in [2.05, 4.69) is 26.6 Å². The Morgan fingerprint density at radius 2 is 1.82 bits per heavy atom. The van der Waals surface area contributed by atoms with Crippen LogP contribution in [-0.4, -0.2) is 50.4 Å². The lowest BCUT2D eigenvalue weighted by Crippen LogP contribution is -2.55. The molecule has 2 aliphatic rings. The molecule has 39 heavy (non-hydrogen) atoms. The zero-order chi connectivity index (χ0) is 28.5. The van der Waals surface area contributed by atoms with Crippen molar-refractivity contribution in [1.29, 1.82) is 0 Å². The predicted octanol–water partition coefficient (Wildman–Crippen LogP) is 1.76. The van der Waals surface area contributed by atoms with Crippen LogP contribution in [0.1, 0.15) is 42.9 Å². The van der Waals surface area contributed by atoms with Gasteiger partial charge in [0.05, 0.1) is 10.6 Å². The summed E-state index contributed by atoms with van der Waals surface area (Å²) in [5.41, 5.74) is 8.62.